The fraction of sp³-hybridized carbons (Fsp3) is 0.0667. The van der Waals surface area contributed by atoms with E-state index in [1.807, 2.05) is 0 Å². The van der Waals surface area contributed by atoms with E-state index in [0.717, 1.165) is 0 Å². The third-order valence-corrected chi connectivity index (χ3v) is 3.41. The first-order valence-electron chi connectivity index (χ1n) is 5.99. The number of Topliss-reactive ketones (excluding diaryl/α,β-unsaturated/α-hetero) is 1. The van der Waals surface area contributed by atoms with Gasteiger partial charge in [-0.25, -0.2) is 4.79 Å². The van der Waals surface area contributed by atoms with E-state index in [2.05, 4.69) is 0 Å². The molecule has 108 valence electrons. The zero-order chi connectivity index (χ0) is 15.4. The van der Waals surface area contributed by atoms with E-state index < -0.39 is 12.6 Å². The lowest BCUT2D eigenvalue weighted by atomic mass is 10.1. The van der Waals surface area contributed by atoms with E-state index in [0.29, 0.717) is 15.6 Å². The molecule has 0 atom stereocenters. The van der Waals surface area contributed by atoms with Crippen molar-refractivity contribution in [1.82, 2.24) is 0 Å². The molecule has 0 aliphatic rings. The van der Waals surface area contributed by atoms with Crippen LogP contribution in [0.4, 0.5) is 5.69 Å². The molecule has 0 amide bonds. The number of hydrogen-bond acceptors (Lipinski definition) is 4. The number of ketones is 1. The van der Waals surface area contributed by atoms with E-state index in [-0.39, 0.29) is 17.0 Å². The molecule has 2 N–H and O–H groups in total. The normalized spacial score (nSPS) is 10.2. The van der Waals surface area contributed by atoms with Crippen LogP contribution < -0.4 is 5.73 Å². The van der Waals surface area contributed by atoms with Gasteiger partial charge >= 0.3 is 5.97 Å². The largest absolute Gasteiger partial charge is 0.454 e. The van der Waals surface area contributed by atoms with Crippen molar-refractivity contribution in [1.29, 1.82) is 0 Å². The molecule has 21 heavy (non-hydrogen) atoms. The molecule has 0 aliphatic heterocycles. The van der Waals surface area contributed by atoms with Crippen LogP contribution in [-0.2, 0) is 4.74 Å². The maximum Gasteiger partial charge on any atom is 0.338 e. The lowest BCUT2D eigenvalue weighted by Gasteiger charge is -2.06. The first-order chi connectivity index (χ1) is 9.99. The molecule has 6 heteroatoms. The highest BCUT2D eigenvalue weighted by Gasteiger charge is 2.14. The van der Waals surface area contributed by atoms with Gasteiger partial charge in [-0.3, -0.25) is 4.79 Å². The van der Waals surface area contributed by atoms with Crippen LogP contribution in [0, 0.1) is 0 Å². The molecule has 2 rings (SSSR count). The molecule has 0 heterocycles. The number of ether oxygens (including phenoxy) is 1. The zero-order valence-corrected chi connectivity index (χ0v) is 12.3. The third-order valence-electron chi connectivity index (χ3n) is 2.74. The first kappa shape index (κ1) is 15.4. The number of benzene rings is 2. The highest BCUT2D eigenvalue weighted by Crippen LogP contribution is 2.20. The first-order valence-corrected chi connectivity index (χ1v) is 6.74. The minimum atomic E-state index is -0.654. The van der Waals surface area contributed by atoms with Gasteiger partial charge in [0, 0.05) is 5.56 Å². The number of nitrogen functional groups attached to an aromatic ring is 1. The molecule has 0 aromatic heterocycles. The molecule has 0 aliphatic carbocycles. The smallest absolute Gasteiger partial charge is 0.338 e. The predicted octanol–water partition coefficient (Wildman–Crippen LogP) is 3.62. The maximum absolute atomic E-state index is 11.9. The van der Waals surface area contributed by atoms with Crippen LogP contribution >= 0.6 is 23.2 Å². The minimum absolute atomic E-state index is 0.226. The van der Waals surface area contributed by atoms with E-state index in [1.165, 1.54) is 18.2 Å². The highest BCUT2D eigenvalue weighted by molar-refractivity contribution is 6.34. The summed E-state index contributed by atoms with van der Waals surface area (Å²) in [6, 6.07) is 10.9. The Kier molecular flexibility index (Phi) is 4.83. The number of anilines is 1. The Hall–Kier alpha value is -2.04. The molecule has 2 aromatic rings. The lowest BCUT2D eigenvalue weighted by molar-refractivity contribution is 0.0475. The van der Waals surface area contributed by atoms with Crippen LogP contribution in [0.25, 0.3) is 0 Å². The van der Waals surface area contributed by atoms with E-state index in [1.54, 1.807) is 24.3 Å². The standard InChI is InChI=1S/C15H11Cl2NO3/c16-11-4-2-1-3-10(11)14(19)8-21-15(20)9-5-6-12(17)13(18)7-9/h1-7H,8,18H2. The van der Waals surface area contributed by atoms with Gasteiger partial charge in [-0.2, -0.15) is 0 Å². The Labute approximate surface area is 131 Å². The Morgan fingerprint density at radius 2 is 1.76 bits per heavy atom. The van der Waals surface area contributed by atoms with Gasteiger partial charge in [0.15, 0.2) is 6.61 Å². The summed E-state index contributed by atoms with van der Waals surface area (Å²) in [4.78, 5) is 23.7. The molecule has 2 aromatic carbocycles. The van der Waals surface area contributed by atoms with Crippen LogP contribution in [0.15, 0.2) is 42.5 Å². The van der Waals surface area contributed by atoms with Crippen molar-refractivity contribution >= 4 is 40.6 Å². The maximum atomic E-state index is 11.9. The van der Waals surface area contributed by atoms with E-state index in [9.17, 15) is 9.59 Å². The van der Waals surface area contributed by atoms with Gasteiger partial charge in [-0.05, 0) is 30.3 Å². The summed E-state index contributed by atoms with van der Waals surface area (Å²) in [6.07, 6.45) is 0. The number of carbonyl (C=O) groups excluding carboxylic acids is 2. The predicted molar refractivity (Wildman–Crippen MR) is 81.9 cm³/mol. The third kappa shape index (κ3) is 3.74. The monoisotopic (exact) mass is 323 g/mol. The number of carbonyl (C=O) groups is 2. The van der Waals surface area contributed by atoms with Gasteiger partial charge in [0.25, 0.3) is 0 Å². The lowest BCUT2D eigenvalue weighted by Crippen LogP contribution is -2.14. The average molecular weight is 324 g/mol. The zero-order valence-electron chi connectivity index (χ0n) is 10.8. The molecule has 0 saturated carbocycles. The van der Waals surface area contributed by atoms with Gasteiger partial charge in [0.1, 0.15) is 0 Å². The second kappa shape index (κ2) is 6.61. The van der Waals surface area contributed by atoms with Crippen molar-refractivity contribution in [2.24, 2.45) is 0 Å². The summed E-state index contributed by atoms with van der Waals surface area (Å²) in [5, 5.41) is 0.660. The second-order valence-corrected chi connectivity index (χ2v) is 5.03. The molecule has 0 bridgehead atoms. The molecule has 0 radical (unpaired) electrons. The molecule has 0 saturated heterocycles. The number of hydrogen-bond donors (Lipinski definition) is 1. The Morgan fingerprint density at radius 3 is 2.43 bits per heavy atom. The molecular weight excluding hydrogens is 313 g/mol. The van der Waals surface area contributed by atoms with Crippen molar-refractivity contribution in [3.8, 4) is 0 Å². The van der Waals surface area contributed by atoms with Gasteiger partial charge in [-0.1, -0.05) is 35.3 Å². The fourth-order valence-corrected chi connectivity index (χ4v) is 2.01. The summed E-state index contributed by atoms with van der Waals surface area (Å²) < 4.78 is 4.95. The Bertz CT molecular complexity index is 701. The van der Waals surface area contributed by atoms with Gasteiger partial charge in [-0.15, -0.1) is 0 Å². The van der Waals surface area contributed by atoms with Crippen molar-refractivity contribution in [2.45, 2.75) is 0 Å². The van der Waals surface area contributed by atoms with Gasteiger partial charge in [0.2, 0.25) is 5.78 Å². The second-order valence-electron chi connectivity index (χ2n) is 4.22. The number of esters is 1. The van der Waals surface area contributed by atoms with E-state index >= 15 is 0 Å². The van der Waals surface area contributed by atoms with Crippen molar-refractivity contribution in [3.63, 3.8) is 0 Å². The van der Waals surface area contributed by atoms with Gasteiger partial charge in [0.05, 0.1) is 21.3 Å². The molecule has 0 fully saturated rings. The van der Waals surface area contributed by atoms with Crippen molar-refractivity contribution < 1.29 is 14.3 Å². The summed E-state index contributed by atoms with van der Waals surface area (Å²) in [6.45, 7) is -0.398. The number of rotatable bonds is 4. The summed E-state index contributed by atoms with van der Waals surface area (Å²) in [5.41, 5.74) is 6.40. The number of nitrogens with two attached hydrogens (primary N) is 1. The van der Waals surface area contributed by atoms with Crippen LogP contribution in [0.1, 0.15) is 20.7 Å². The average Bonchev–Trinajstić information content (AvgIpc) is 2.47. The van der Waals surface area contributed by atoms with Crippen molar-refractivity contribution in [2.75, 3.05) is 12.3 Å². The molecule has 4 nitrogen and oxygen atoms in total. The fourth-order valence-electron chi connectivity index (χ4n) is 1.65. The van der Waals surface area contributed by atoms with E-state index in [4.69, 9.17) is 33.7 Å². The van der Waals surface area contributed by atoms with Crippen LogP contribution in [-0.4, -0.2) is 18.4 Å². The molecule has 0 spiro atoms. The van der Waals surface area contributed by atoms with Crippen molar-refractivity contribution in [3.05, 3.63) is 63.6 Å². The summed E-state index contributed by atoms with van der Waals surface area (Å²) in [5.74, 6) is -1.03. The summed E-state index contributed by atoms with van der Waals surface area (Å²) in [7, 11) is 0. The topological polar surface area (TPSA) is 69.4 Å². The SMILES string of the molecule is Nc1cc(C(=O)OCC(=O)c2ccccc2Cl)ccc1Cl. The Morgan fingerprint density at radius 1 is 1.05 bits per heavy atom. The van der Waals surface area contributed by atoms with Crippen LogP contribution in [0.2, 0.25) is 10.0 Å². The quantitative estimate of drug-likeness (QED) is 0.530. The Balaban J connectivity index is 2.02. The summed E-state index contributed by atoms with van der Waals surface area (Å²) >= 11 is 11.7. The van der Waals surface area contributed by atoms with Crippen LogP contribution in [0.5, 0.6) is 0 Å². The highest BCUT2D eigenvalue weighted by atomic mass is 35.5. The molecular formula is C15H11Cl2NO3. The minimum Gasteiger partial charge on any atom is -0.454 e. The number of halogens is 2. The molecule has 0 unspecified atom stereocenters. The van der Waals surface area contributed by atoms with Gasteiger partial charge < -0.3 is 10.5 Å². The van der Waals surface area contributed by atoms with Crippen LogP contribution in [0.3, 0.4) is 0 Å².